The molecule has 1 N–H and O–H groups in total. The number of rotatable bonds is 6. The lowest BCUT2D eigenvalue weighted by molar-refractivity contribution is -0.112. The summed E-state index contributed by atoms with van der Waals surface area (Å²) in [6.07, 6.45) is 1.57. The Balaban J connectivity index is 1.80. The highest BCUT2D eigenvalue weighted by Gasteiger charge is 2.15. The lowest BCUT2D eigenvalue weighted by Crippen LogP contribution is -2.14. The zero-order valence-electron chi connectivity index (χ0n) is 17.4. The van der Waals surface area contributed by atoms with Crippen LogP contribution in [0.4, 0.5) is 5.69 Å². The molecule has 32 heavy (non-hydrogen) atoms. The van der Waals surface area contributed by atoms with Gasteiger partial charge in [-0.1, -0.05) is 53.6 Å². The molecule has 0 aliphatic carbocycles. The van der Waals surface area contributed by atoms with Crippen LogP contribution in [0.1, 0.15) is 22.3 Å². The fourth-order valence-electron chi connectivity index (χ4n) is 3.04. The topological polar surface area (TPSA) is 62.1 Å². The van der Waals surface area contributed by atoms with Gasteiger partial charge in [-0.2, -0.15) is 5.26 Å². The van der Waals surface area contributed by atoms with Gasteiger partial charge >= 0.3 is 0 Å². The number of hydrogen-bond acceptors (Lipinski definition) is 3. The van der Waals surface area contributed by atoms with Crippen LogP contribution in [0.15, 0.2) is 60.2 Å². The van der Waals surface area contributed by atoms with Crippen LogP contribution in [0.25, 0.3) is 6.08 Å². The highest BCUT2D eigenvalue weighted by molar-refractivity contribution is 14.1. The Morgan fingerprint density at radius 3 is 2.44 bits per heavy atom. The number of nitriles is 1. The number of anilines is 1. The number of para-hydroxylation sites is 1. The van der Waals surface area contributed by atoms with E-state index in [1.165, 1.54) is 5.56 Å². The van der Waals surface area contributed by atoms with Gasteiger partial charge in [-0.15, -0.1) is 0 Å². The number of benzene rings is 3. The molecule has 0 unspecified atom stereocenters. The van der Waals surface area contributed by atoms with Crippen molar-refractivity contribution in [1.82, 2.24) is 0 Å². The van der Waals surface area contributed by atoms with Crippen molar-refractivity contribution < 1.29 is 9.53 Å². The fraction of sp³-hybridized carbons (Fsp3) is 0.120. The van der Waals surface area contributed by atoms with Gasteiger partial charge in [-0.25, -0.2) is 0 Å². The molecule has 3 aromatic carbocycles. The first-order valence-corrected chi connectivity index (χ1v) is 12.2. The van der Waals surface area contributed by atoms with Gasteiger partial charge in [0, 0.05) is 0 Å². The van der Waals surface area contributed by atoms with Crippen molar-refractivity contribution >= 4 is 74.5 Å². The summed E-state index contributed by atoms with van der Waals surface area (Å²) in [5.74, 6) is 0.271. The molecule has 0 aliphatic heterocycles. The average Bonchev–Trinajstić information content (AvgIpc) is 2.74. The largest absolute Gasteiger partial charge is 0.487 e. The predicted molar refractivity (Wildman–Crippen MR) is 146 cm³/mol. The lowest BCUT2D eigenvalue weighted by atomic mass is 10.1. The minimum atomic E-state index is -0.506. The van der Waals surface area contributed by atoms with Crippen LogP contribution >= 0.6 is 56.8 Å². The number of nitrogens with one attached hydrogen (secondary N) is 1. The van der Waals surface area contributed by atoms with Crippen LogP contribution in [0, 0.1) is 32.3 Å². The molecule has 0 radical (unpaired) electrons. The molecule has 1 amide bonds. The number of hydrogen-bond donors (Lipinski definition) is 1. The third-order valence-corrected chi connectivity index (χ3v) is 6.54. The number of nitrogens with zero attached hydrogens (tertiary/aromatic N) is 1. The van der Waals surface area contributed by atoms with Crippen molar-refractivity contribution in [2.24, 2.45) is 0 Å². The molecule has 3 rings (SSSR count). The van der Waals surface area contributed by atoms with E-state index >= 15 is 0 Å². The molecule has 0 aromatic heterocycles. The molecular weight excluding hydrogens is 650 g/mol. The monoisotopic (exact) mass is 668 g/mol. The summed E-state index contributed by atoms with van der Waals surface area (Å²) in [5.41, 5.74) is 4.34. The number of ether oxygens (including phenoxy) is 1. The summed E-state index contributed by atoms with van der Waals surface area (Å²) in [7, 11) is 0. The first-order chi connectivity index (χ1) is 15.3. The van der Waals surface area contributed by atoms with E-state index in [-0.39, 0.29) is 5.57 Å². The minimum absolute atomic E-state index is 0.00986. The zero-order valence-corrected chi connectivity index (χ0v) is 22.4. The molecule has 0 heterocycles. The van der Waals surface area contributed by atoms with E-state index in [0.717, 1.165) is 29.6 Å². The van der Waals surface area contributed by atoms with Crippen molar-refractivity contribution in [1.29, 1.82) is 5.26 Å². The summed E-state index contributed by atoms with van der Waals surface area (Å²) >= 11 is 10.6. The maximum atomic E-state index is 12.7. The average molecular weight is 669 g/mol. The Hall–Kier alpha value is -2.09. The van der Waals surface area contributed by atoms with Crippen molar-refractivity contribution in [2.75, 3.05) is 5.32 Å². The van der Waals surface area contributed by atoms with Crippen LogP contribution in [0.5, 0.6) is 5.75 Å². The maximum absolute atomic E-state index is 12.7. The lowest BCUT2D eigenvalue weighted by Gasteiger charge is -2.12. The van der Waals surface area contributed by atoms with Gasteiger partial charge < -0.3 is 10.1 Å². The molecule has 0 aliphatic rings. The fourth-order valence-corrected chi connectivity index (χ4v) is 5.44. The Kier molecular flexibility index (Phi) is 8.57. The van der Waals surface area contributed by atoms with E-state index < -0.39 is 5.91 Å². The van der Waals surface area contributed by atoms with Crippen LogP contribution in [-0.2, 0) is 11.4 Å². The number of halogens is 3. The van der Waals surface area contributed by atoms with Gasteiger partial charge in [0.1, 0.15) is 24.0 Å². The Morgan fingerprint density at radius 2 is 1.81 bits per heavy atom. The molecule has 0 spiro atoms. The van der Waals surface area contributed by atoms with Gasteiger partial charge in [0.15, 0.2) is 0 Å². The minimum Gasteiger partial charge on any atom is -0.487 e. The molecule has 4 nitrogen and oxygen atoms in total. The molecule has 0 bridgehead atoms. The molecule has 0 fully saturated rings. The second-order valence-electron chi connectivity index (χ2n) is 7.15. The summed E-state index contributed by atoms with van der Waals surface area (Å²) in [6, 6.07) is 19.3. The summed E-state index contributed by atoms with van der Waals surface area (Å²) in [6.45, 7) is 4.36. The van der Waals surface area contributed by atoms with Gasteiger partial charge in [0.2, 0.25) is 0 Å². The second kappa shape index (κ2) is 11.2. The number of aryl methyl sites for hydroxylation is 2. The molecule has 162 valence electrons. The van der Waals surface area contributed by atoms with Crippen LogP contribution < -0.4 is 10.1 Å². The van der Waals surface area contributed by atoms with Crippen LogP contribution in [-0.4, -0.2) is 5.91 Å². The van der Waals surface area contributed by atoms with E-state index in [1.54, 1.807) is 18.2 Å². The Bertz CT molecular complexity index is 1210. The number of amides is 1. The molecule has 0 saturated carbocycles. The first-order valence-electron chi connectivity index (χ1n) is 9.64. The molecule has 0 atom stereocenters. The van der Waals surface area contributed by atoms with E-state index in [1.807, 2.05) is 56.3 Å². The van der Waals surface area contributed by atoms with Crippen molar-refractivity contribution in [2.45, 2.75) is 20.5 Å². The molecular formula is C25H19ClI2N2O2. The molecule has 7 heteroatoms. The number of carbonyl (C=O) groups is 1. The standard InChI is InChI=1S/C25H19ClI2N2O2/c1-15-5-3-7-17(9-15)14-32-24-21(27)11-18(12-22(24)28)10-19(13-29)25(31)30-23-16(2)6-4-8-20(23)26/h3-12H,14H2,1-2H3,(H,30,31)/b19-10+. The molecule has 0 saturated heterocycles. The highest BCUT2D eigenvalue weighted by atomic mass is 127. The predicted octanol–water partition coefficient (Wildman–Crippen LogP) is 7.29. The number of carbonyl (C=O) groups excluding carboxylic acids is 1. The zero-order chi connectivity index (χ0) is 23.3. The smallest absolute Gasteiger partial charge is 0.266 e. The van der Waals surface area contributed by atoms with E-state index in [2.05, 4.69) is 56.6 Å². The summed E-state index contributed by atoms with van der Waals surface area (Å²) in [5, 5.41) is 12.7. The third-order valence-electron chi connectivity index (χ3n) is 4.62. The molecule has 3 aromatic rings. The maximum Gasteiger partial charge on any atom is 0.266 e. The van der Waals surface area contributed by atoms with Crippen molar-refractivity contribution in [3.63, 3.8) is 0 Å². The highest BCUT2D eigenvalue weighted by Crippen LogP contribution is 2.31. The van der Waals surface area contributed by atoms with E-state index in [0.29, 0.717) is 17.3 Å². The van der Waals surface area contributed by atoms with Crippen LogP contribution in [0.2, 0.25) is 5.02 Å². The van der Waals surface area contributed by atoms with Gasteiger partial charge in [-0.05, 0) is 100.0 Å². The van der Waals surface area contributed by atoms with Crippen LogP contribution in [0.3, 0.4) is 0 Å². The third kappa shape index (κ3) is 6.24. The second-order valence-corrected chi connectivity index (χ2v) is 9.88. The van der Waals surface area contributed by atoms with E-state index in [9.17, 15) is 10.1 Å². The SMILES string of the molecule is Cc1cccc(COc2c(I)cc(/C=C(\C#N)C(=O)Nc3c(C)cccc3Cl)cc2I)c1. The van der Waals surface area contributed by atoms with Gasteiger partial charge in [0.05, 0.1) is 17.9 Å². The van der Waals surface area contributed by atoms with Gasteiger partial charge in [-0.3, -0.25) is 4.79 Å². The van der Waals surface area contributed by atoms with Crippen molar-refractivity contribution in [3.8, 4) is 11.8 Å². The Morgan fingerprint density at radius 1 is 1.12 bits per heavy atom. The summed E-state index contributed by atoms with van der Waals surface area (Å²) < 4.78 is 7.85. The quantitative estimate of drug-likeness (QED) is 0.171. The Labute approximate surface area is 219 Å². The summed E-state index contributed by atoms with van der Waals surface area (Å²) in [4.78, 5) is 12.7. The van der Waals surface area contributed by atoms with Crippen molar-refractivity contribution in [3.05, 3.63) is 94.6 Å². The van der Waals surface area contributed by atoms with Gasteiger partial charge in [0.25, 0.3) is 5.91 Å². The normalized spacial score (nSPS) is 11.1. The first kappa shape index (κ1) is 24.6. The van der Waals surface area contributed by atoms with E-state index in [4.69, 9.17) is 16.3 Å².